The summed E-state index contributed by atoms with van der Waals surface area (Å²) in [7, 11) is 0. The van der Waals surface area contributed by atoms with Crippen LogP contribution >= 0.6 is 23.2 Å². The molecule has 4 nitrogen and oxygen atoms in total. The summed E-state index contributed by atoms with van der Waals surface area (Å²) in [5, 5.41) is 6.94. The van der Waals surface area contributed by atoms with E-state index in [-0.39, 0.29) is 5.91 Å². The fourth-order valence-electron chi connectivity index (χ4n) is 1.81. The van der Waals surface area contributed by atoms with Crippen LogP contribution in [0.5, 0.6) is 0 Å². The summed E-state index contributed by atoms with van der Waals surface area (Å²) >= 11 is 11.9. The predicted octanol–water partition coefficient (Wildman–Crippen LogP) is 4.85. The molecule has 0 aliphatic rings. The van der Waals surface area contributed by atoms with Gasteiger partial charge in [-0.25, -0.2) is 0 Å². The summed E-state index contributed by atoms with van der Waals surface area (Å²) in [5.41, 5.74) is 1.78. The molecule has 1 atom stereocenters. The molecule has 0 bridgehead atoms. The molecule has 0 spiro atoms. The minimum atomic E-state index is -0.274. The SMILES string of the molecule is CCC(C)Nc1cncc(C(=O)Nc2ccc(Cl)cc2Cl)c1. The number of hydrogen-bond donors (Lipinski definition) is 2. The Balaban J connectivity index is 2.14. The van der Waals surface area contributed by atoms with Gasteiger partial charge in [-0.05, 0) is 37.6 Å². The maximum Gasteiger partial charge on any atom is 0.257 e. The second-order valence-electron chi connectivity index (χ2n) is 4.99. The van der Waals surface area contributed by atoms with E-state index in [9.17, 15) is 4.79 Å². The summed E-state index contributed by atoms with van der Waals surface area (Å²) in [6.45, 7) is 4.16. The maximum absolute atomic E-state index is 12.3. The summed E-state index contributed by atoms with van der Waals surface area (Å²) in [6.07, 6.45) is 4.19. The topological polar surface area (TPSA) is 54.0 Å². The van der Waals surface area contributed by atoms with Crippen LogP contribution in [0.1, 0.15) is 30.6 Å². The monoisotopic (exact) mass is 337 g/mol. The number of carbonyl (C=O) groups excluding carboxylic acids is 1. The van der Waals surface area contributed by atoms with Crippen LogP contribution in [0.2, 0.25) is 10.0 Å². The maximum atomic E-state index is 12.3. The molecule has 116 valence electrons. The number of aromatic nitrogens is 1. The van der Waals surface area contributed by atoms with Gasteiger partial charge in [-0.2, -0.15) is 0 Å². The highest BCUT2D eigenvalue weighted by molar-refractivity contribution is 6.36. The fraction of sp³-hybridized carbons (Fsp3) is 0.250. The van der Waals surface area contributed by atoms with Crippen LogP contribution in [0.3, 0.4) is 0 Å². The lowest BCUT2D eigenvalue weighted by atomic mass is 10.2. The van der Waals surface area contributed by atoms with Crippen molar-refractivity contribution in [2.75, 3.05) is 10.6 Å². The van der Waals surface area contributed by atoms with E-state index in [1.165, 1.54) is 6.20 Å². The van der Waals surface area contributed by atoms with Crippen LogP contribution in [0.25, 0.3) is 0 Å². The molecule has 0 radical (unpaired) electrons. The first kappa shape index (κ1) is 16.6. The number of benzene rings is 1. The highest BCUT2D eigenvalue weighted by atomic mass is 35.5. The molecule has 1 heterocycles. The van der Waals surface area contributed by atoms with E-state index in [0.29, 0.717) is 27.3 Å². The van der Waals surface area contributed by atoms with Gasteiger partial charge in [0.2, 0.25) is 0 Å². The summed E-state index contributed by atoms with van der Waals surface area (Å²) in [6, 6.07) is 6.99. The lowest BCUT2D eigenvalue weighted by Gasteiger charge is -2.13. The Morgan fingerprint density at radius 1 is 1.27 bits per heavy atom. The Labute approximate surface area is 139 Å². The van der Waals surface area contributed by atoms with Gasteiger partial charge >= 0.3 is 0 Å². The number of nitrogens with one attached hydrogen (secondary N) is 2. The molecular weight excluding hydrogens is 321 g/mol. The smallest absolute Gasteiger partial charge is 0.257 e. The third kappa shape index (κ3) is 4.36. The first-order chi connectivity index (χ1) is 10.5. The Bertz CT molecular complexity index is 676. The lowest BCUT2D eigenvalue weighted by Crippen LogP contribution is -2.16. The zero-order chi connectivity index (χ0) is 16.1. The van der Waals surface area contributed by atoms with Crippen molar-refractivity contribution in [1.29, 1.82) is 0 Å². The highest BCUT2D eigenvalue weighted by Crippen LogP contribution is 2.26. The molecule has 0 saturated carbocycles. The summed E-state index contributed by atoms with van der Waals surface area (Å²) in [5.74, 6) is -0.274. The van der Waals surface area contributed by atoms with Crippen molar-refractivity contribution in [3.05, 3.63) is 52.3 Å². The van der Waals surface area contributed by atoms with Gasteiger partial charge in [0.15, 0.2) is 0 Å². The molecule has 6 heteroatoms. The largest absolute Gasteiger partial charge is 0.381 e. The normalized spacial score (nSPS) is 11.8. The molecule has 2 aromatic rings. The molecule has 22 heavy (non-hydrogen) atoms. The van der Waals surface area contributed by atoms with Gasteiger partial charge in [0, 0.05) is 23.5 Å². The Morgan fingerprint density at radius 2 is 2.05 bits per heavy atom. The van der Waals surface area contributed by atoms with E-state index in [0.717, 1.165) is 12.1 Å². The van der Waals surface area contributed by atoms with Gasteiger partial charge < -0.3 is 10.6 Å². The summed E-state index contributed by atoms with van der Waals surface area (Å²) in [4.78, 5) is 16.4. The van der Waals surface area contributed by atoms with Gasteiger partial charge in [0.05, 0.1) is 22.0 Å². The second-order valence-corrected chi connectivity index (χ2v) is 5.84. The molecule has 0 aliphatic carbocycles. The minimum Gasteiger partial charge on any atom is -0.381 e. The van der Waals surface area contributed by atoms with Gasteiger partial charge in [0.1, 0.15) is 0 Å². The molecule has 2 rings (SSSR count). The van der Waals surface area contributed by atoms with Gasteiger partial charge in [-0.3, -0.25) is 9.78 Å². The lowest BCUT2D eigenvalue weighted by molar-refractivity contribution is 0.102. The van der Waals surface area contributed by atoms with E-state index in [2.05, 4.69) is 29.5 Å². The number of carbonyl (C=O) groups is 1. The third-order valence-electron chi connectivity index (χ3n) is 3.21. The molecular formula is C16H17Cl2N3O. The Kier molecular flexibility index (Phi) is 5.63. The number of amides is 1. The molecule has 1 unspecified atom stereocenters. The number of nitrogens with zero attached hydrogens (tertiary/aromatic N) is 1. The number of halogens is 2. The molecule has 0 saturated heterocycles. The molecule has 1 aromatic heterocycles. The van der Waals surface area contributed by atoms with Crippen molar-refractivity contribution in [3.63, 3.8) is 0 Å². The van der Waals surface area contributed by atoms with Crippen molar-refractivity contribution in [2.24, 2.45) is 0 Å². The van der Waals surface area contributed by atoms with Gasteiger partial charge in [-0.1, -0.05) is 30.1 Å². The van der Waals surface area contributed by atoms with Crippen molar-refractivity contribution >= 4 is 40.5 Å². The van der Waals surface area contributed by atoms with Gasteiger partial charge in [-0.15, -0.1) is 0 Å². The average Bonchev–Trinajstić information content (AvgIpc) is 2.50. The van der Waals surface area contributed by atoms with E-state index in [4.69, 9.17) is 23.2 Å². The van der Waals surface area contributed by atoms with Crippen molar-refractivity contribution in [3.8, 4) is 0 Å². The van der Waals surface area contributed by atoms with Crippen LogP contribution in [0, 0.1) is 0 Å². The van der Waals surface area contributed by atoms with Crippen molar-refractivity contribution in [1.82, 2.24) is 4.98 Å². The molecule has 0 fully saturated rings. The highest BCUT2D eigenvalue weighted by Gasteiger charge is 2.10. The molecule has 1 amide bonds. The van der Waals surface area contributed by atoms with E-state index >= 15 is 0 Å². The fourth-order valence-corrected chi connectivity index (χ4v) is 2.27. The van der Waals surface area contributed by atoms with Crippen LogP contribution in [-0.4, -0.2) is 16.9 Å². The van der Waals surface area contributed by atoms with Crippen LogP contribution in [0.4, 0.5) is 11.4 Å². The average molecular weight is 338 g/mol. The number of hydrogen-bond acceptors (Lipinski definition) is 3. The quantitative estimate of drug-likeness (QED) is 0.819. The van der Waals surface area contributed by atoms with Crippen molar-refractivity contribution < 1.29 is 4.79 Å². The van der Waals surface area contributed by atoms with E-state index < -0.39 is 0 Å². The second kappa shape index (κ2) is 7.47. The zero-order valence-electron chi connectivity index (χ0n) is 12.4. The Morgan fingerprint density at radius 3 is 2.73 bits per heavy atom. The van der Waals surface area contributed by atoms with Gasteiger partial charge in [0.25, 0.3) is 5.91 Å². The first-order valence-corrected chi connectivity index (χ1v) is 7.73. The number of rotatable bonds is 5. The van der Waals surface area contributed by atoms with Crippen LogP contribution in [0.15, 0.2) is 36.7 Å². The molecule has 0 aliphatic heterocycles. The number of anilines is 2. The molecule has 2 N–H and O–H groups in total. The van der Waals surface area contributed by atoms with Crippen molar-refractivity contribution in [2.45, 2.75) is 26.3 Å². The standard InChI is InChI=1S/C16H17Cl2N3O/c1-3-10(2)20-13-6-11(8-19-9-13)16(22)21-15-5-4-12(17)7-14(15)18/h4-10,20H,3H2,1-2H3,(H,21,22). The Hall–Kier alpha value is -1.78. The minimum absolute atomic E-state index is 0.274. The zero-order valence-corrected chi connectivity index (χ0v) is 13.9. The van der Waals surface area contributed by atoms with E-state index in [1.54, 1.807) is 30.5 Å². The predicted molar refractivity (Wildman–Crippen MR) is 92.0 cm³/mol. The first-order valence-electron chi connectivity index (χ1n) is 6.97. The third-order valence-corrected chi connectivity index (χ3v) is 3.75. The van der Waals surface area contributed by atoms with Crippen LogP contribution < -0.4 is 10.6 Å². The molecule has 1 aromatic carbocycles. The summed E-state index contributed by atoms with van der Waals surface area (Å²) < 4.78 is 0. The number of pyridine rings is 1. The van der Waals surface area contributed by atoms with Crippen LogP contribution in [-0.2, 0) is 0 Å². The van der Waals surface area contributed by atoms with E-state index in [1.807, 2.05) is 0 Å².